The molecule has 86 valence electrons. The molecule has 0 radical (unpaired) electrons. The van der Waals surface area contributed by atoms with E-state index >= 15 is 0 Å². The lowest BCUT2D eigenvalue weighted by molar-refractivity contribution is -0.129. The Hall–Kier alpha value is -0.790. The molecule has 2 atom stereocenters. The summed E-state index contributed by atoms with van der Waals surface area (Å²) in [7, 11) is 0. The Morgan fingerprint density at radius 1 is 1.53 bits per heavy atom. The van der Waals surface area contributed by atoms with Gasteiger partial charge in [0.05, 0.1) is 0 Å². The summed E-state index contributed by atoms with van der Waals surface area (Å²) < 4.78 is 0. The number of rotatable bonds is 5. The molecule has 0 saturated carbocycles. The number of hydrogen-bond donors (Lipinski definition) is 0. The molecule has 0 aromatic carbocycles. The molecule has 1 aliphatic heterocycles. The summed E-state index contributed by atoms with van der Waals surface area (Å²) in [5.41, 5.74) is 0. The summed E-state index contributed by atoms with van der Waals surface area (Å²) in [4.78, 5) is 13.7. The first kappa shape index (κ1) is 12.3. The third-order valence-corrected chi connectivity index (χ3v) is 3.17. The molecular formula is C13H23NO. The maximum Gasteiger partial charge on any atom is 0.223 e. The molecule has 1 rings (SSSR count). The van der Waals surface area contributed by atoms with Gasteiger partial charge in [0.15, 0.2) is 0 Å². The highest BCUT2D eigenvalue weighted by atomic mass is 16.2. The summed E-state index contributed by atoms with van der Waals surface area (Å²) in [6, 6.07) is 0.359. The minimum absolute atomic E-state index is 0.334. The predicted octanol–water partition coefficient (Wildman–Crippen LogP) is 2.85. The van der Waals surface area contributed by atoms with Crippen molar-refractivity contribution in [1.82, 2.24) is 4.90 Å². The SMILES string of the molecule is C=CCC(C)C[C@H]1CC(=O)N(C(C)C)C1. The quantitative estimate of drug-likeness (QED) is 0.638. The lowest BCUT2D eigenvalue weighted by Gasteiger charge is -2.21. The van der Waals surface area contributed by atoms with Crippen LogP contribution in [0.1, 0.15) is 40.0 Å². The Labute approximate surface area is 93.3 Å². The van der Waals surface area contributed by atoms with E-state index in [0.717, 1.165) is 25.8 Å². The van der Waals surface area contributed by atoms with Gasteiger partial charge < -0.3 is 4.90 Å². The molecule has 1 saturated heterocycles. The molecule has 2 heteroatoms. The number of carbonyl (C=O) groups excluding carboxylic acids is 1. The van der Waals surface area contributed by atoms with Gasteiger partial charge in [-0.1, -0.05) is 13.0 Å². The Balaban J connectivity index is 2.41. The number of nitrogens with zero attached hydrogens (tertiary/aromatic N) is 1. The first-order valence-electron chi connectivity index (χ1n) is 5.95. The molecule has 0 spiro atoms. The topological polar surface area (TPSA) is 20.3 Å². The van der Waals surface area contributed by atoms with Crippen LogP contribution in [0.4, 0.5) is 0 Å². The highest BCUT2D eigenvalue weighted by Crippen LogP contribution is 2.27. The van der Waals surface area contributed by atoms with Gasteiger partial charge in [0.1, 0.15) is 0 Å². The standard InChI is InChI=1S/C13H23NO/c1-5-6-11(4)7-12-8-13(15)14(9-12)10(2)3/h5,10-12H,1,6-9H2,2-4H3/t11?,12-/m0/s1. The molecule has 1 heterocycles. The molecule has 15 heavy (non-hydrogen) atoms. The van der Waals surface area contributed by atoms with E-state index in [4.69, 9.17) is 0 Å². The van der Waals surface area contributed by atoms with E-state index in [0.29, 0.717) is 23.8 Å². The largest absolute Gasteiger partial charge is 0.340 e. The Morgan fingerprint density at radius 3 is 2.67 bits per heavy atom. The molecular weight excluding hydrogens is 186 g/mol. The van der Waals surface area contributed by atoms with Gasteiger partial charge in [0, 0.05) is 19.0 Å². The number of carbonyl (C=O) groups is 1. The molecule has 0 aliphatic carbocycles. The summed E-state index contributed by atoms with van der Waals surface area (Å²) in [6.45, 7) is 11.1. The molecule has 1 amide bonds. The van der Waals surface area contributed by atoms with Crippen LogP contribution in [0.5, 0.6) is 0 Å². The van der Waals surface area contributed by atoms with Gasteiger partial charge in [-0.15, -0.1) is 6.58 Å². The van der Waals surface area contributed by atoms with E-state index in [9.17, 15) is 4.79 Å². The minimum Gasteiger partial charge on any atom is -0.340 e. The van der Waals surface area contributed by atoms with Crippen molar-refractivity contribution in [1.29, 1.82) is 0 Å². The smallest absolute Gasteiger partial charge is 0.223 e. The van der Waals surface area contributed by atoms with Crippen molar-refractivity contribution in [2.24, 2.45) is 11.8 Å². The van der Waals surface area contributed by atoms with Crippen LogP contribution < -0.4 is 0 Å². The average molecular weight is 209 g/mol. The fraction of sp³-hybridized carbons (Fsp3) is 0.769. The van der Waals surface area contributed by atoms with Crippen molar-refractivity contribution in [2.75, 3.05) is 6.54 Å². The maximum absolute atomic E-state index is 11.7. The Bertz CT molecular complexity index is 235. The number of amides is 1. The first-order valence-corrected chi connectivity index (χ1v) is 5.95. The fourth-order valence-corrected chi connectivity index (χ4v) is 2.42. The fourth-order valence-electron chi connectivity index (χ4n) is 2.42. The van der Waals surface area contributed by atoms with E-state index in [1.165, 1.54) is 0 Å². The third-order valence-electron chi connectivity index (χ3n) is 3.17. The Morgan fingerprint density at radius 2 is 2.20 bits per heavy atom. The van der Waals surface area contributed by atoms with Crippen LogP contribution in [0.3, 0.4) is 0 Å². The van der Waals surface area contributed by atoms with Crippen LogP contribution in [-0.2, 0) is 4.79 Å². The van der Waals surface area contributed by atoms with Gasteiger partial charge in [0.2, 0.25) is 5.91 Å². The second-order valence-electron chi connectivity index (χ2n) is 5.08. The summed E-state index contributed by atoms with van der Waals surface area (Å²) in [5, 5.41) is 0. The van der Waals surface area contributed by atoms with Gasteiger partial charge in [-0.05, 0) is 38.5 Å². The van der Waals surface area contributed by atoms with Crippen molar-refractivity contribution >= 4 is 5.91 Å². The third kappa shape index (κ3) is 3.37. The van der Waals surface area contributed by atoms with Crippen molar-refractivity contribution in [3.63, 3.8) is 0 Å². The monoisotopic (exact) mass is 209 g/mol. The normalized spacial score (nSPS) is 23.6. The van der Waals surface area contributed by atoms with Gasteiger partial charge in [-0.25, -0.2) is 0 Å². The minimum atomic E-state index is 0.334. The number of allylic oxidation sites excluding steroid dienone is 1. The molecule has 2 nitrogen and oxygen atoms in total. The van der Waals surface area contributed by atoms with E-state index < -0.39 is 0 Å². The predicted molar refractivity (Wildman–Crippen MR) is 63.6 cm³/mol. The zero-order chi connectivity index (χ0) is 11.4. The zero-order valence-corrected chi connectivity index (χ0v) is 10.2. The van der Waals surface area contributed by atoms with Crippen molar-refractivity contribution < 1.29 is 4.79 Å². The van der Waals surface area contributed by atoms with Crippen molar-refractivity contribution in [3.8, 4) is 0 Å². The molecule has 0 aromatic rings. The average Bonchev–Trinajstić information content (AvgIpc) is 2.47. The van der Waals surface area contributed by atoms with Crippen molar-refractivity contribution in [3.05, 3.63) is 12.7 Å². The number of likely N-dealkylation sites (tertiary alicyclic amines) is 1. The maximum atomic E-state index is 11.7. The summed E-state index contributed by atoms with van der Waals surface area (Å²) in [5.74, 6) is 1.56. The molecule has 1 fully saturated rings. The van der Waals surface area contributed by atoms with Crippen LogP contribution in [0, 0.1) is 11.8 Å². The highest BCUT2D eigenvalue weighted by molar-refractivity contribution is 5.78. The van der Waals surface area contributed by atoms with E-state index in [1.54, 1.807) is 0 Å². The molecule has 1 unspecified atom stereocenters. The van der Waals surface area contributed by atoms with Crippen LogP contribution in [0.2, 0.25) is 0 Å². The van der Waals surface area contributed by atoms with Crippen LogP contribution in [0.15, 0.2) is 12.7 Å². The summed E-state index contributed by atoms with van der Waals surface area (Å²) >= 11 is 0. The summed E-state index contributed by atoms with van der Waals surface area (Å²) in [6.07, 6.45) is 4.94. The molecule has 0 bridgehead atoms. The van der Waals surface area contributed by atoms with E-state index in [2.05, 4.69) is 27.4 Å². The van der Waals surface area contributed by atoms with Crippen LogP contribution in [0.25, 0.3) is 0 Å². The molecule has 1 aliphatic rings. The van der Waals surface area contributed by atoms with Crippen LogP contribution in [-0.4, -0.2) is 23.4 Å². The van der Waals surface area contributed by atoms with Crippen molar-refractivity contribution in [2.45, 2.75) is 46.1 Å². The van der Waals surface area contributed by atoms with E-state index in [-0.39, 0.29) is 0 Å². The number of hydrogen-bond acceptors (Lipinski definition) is 1. The molecule has 0 aromatic heterocycles. The van der Waals surface area contributed by atoms with E-state index in [1.807, 2.05) is 11.0 Å². The lowest BCUT2D eigenvalue weighted by atomic mass is 9.93. The van der Waals surface area contributed by atoms with Gasteiger partial charge in [0.25, 0.3) is 0 Å². The first-order chi connectivity index (χ1) is 7.04. The molecule has 0 N–H and O–H groups in total. The van der Waals surface area contributed by atoms with Gasteiger partial charge in [-0.3, -0.25) is 4.79 Å². The van der Waals surface area contributed by atoms with Gasteiger partial charge in [-0.2, -0.15) is 0 Å². The second-order valence-corrected chi connectivity index (χ2v) is 5.08. The zero-order valence-electron chi connectivity index (χ0n) is 10.2. The van der Waals surface area contributed by atoms with Gasteiger partial charge >= 0.3 is 0 Å². The second kappa shape index (κ2) is 5.34. The lowest BCUT2D eigenvalue weighted by Crippen LogP contribution is -2.32. The Kier molecular flexibility index (Phi) is 4.37. The van der Waals surface area contributed by atoms with Crippen LogP contribution >= 0.6 is 0 Å². The highest BCUT2D eigenvalue weighted by Gasteiger charge is 2.31.